The molecular formula is C22H21F2NO3. The Morgan fingerprint density at radius 3 is 2.50 bits per heavy atom. The van der Waals surface area contributed by atoms with Gasteiger partial charge in [0.25, 0.3) is 0 Å². The standard InChI is InChI=1S/C22H21F2NO3/c1-14(15-7-8-17-12-19(27-2)10-9-16(17)11-15)21(26)25-13-18-5-3-4-6-20(18)28-22(23)24/h3-12,14,22H,13H2,1-2H3,(H,25,26)/t14-/m0/s1. The van der Waals surface area contributed by atoms with Crippen molar-refractivity contribution in [3.05, 3.63) is 71.8 Å². The maximum atomic E-state index is 12.6. The molecule has 0 aliphatic carbocycles. The highest BCUT2D eigenvalue weighted by Crippen LogP contribution is 2.26. The fourth-order valence-electron chi connectivity index (χ4n) is 2.99. The van der Waals surface area contributed by atoms with Gasteiger partial charge in [-0.15, -0.1) is 0 Å². The largest absolute Gasteiger partial charge is 0.497 e. The highest BCUT2D eigenvalue weighted by molar-refractivity contribution is 5.88. The monoisotopic (exact) mass is 385 g/mol. The molecule has 1 N–H and O–H groups in total. The molecule has 1 amide bonds. The predicted octanol–water partition coefficient (Wildman–Crippen LogP) is 4.87. The summed E-state index contributed by atoms with van der Waals surface area (Å²) in [4.78, 5) is 12.6. The summed E-state index contributed by atoms with van der Waals surface area (Å²) in [6, 6.07) is 18.0. The molecule has 0 saturated carbocycles. The van der Waals surface area contributed by atoms with Gasteiger partial charge in [-0.3, -0.25) is 4.79 Å². The Morgan fingerprint density at radius 2 is 1.75 bits per heavy atom. The summed E-state index contributed by atoms with van der Waals surface area (Å²) in [5, 5.41) is 4.82. The van der Waals surface area contributed by atoms with Gasteiger partial charge in [-0.1, -0.05) is 42.5 Å². The van der Waals surface area contributed by atoms with E-state index in [1.807, 2.05) is 43.3 Å². The second-order valence-electron chi connectivity index (χ2n) is 6.40. The third-order valence-corrected chi connectivity index (χ3v) is 4.61. The van der Waals surface area contributed by atoms with Crippen LogP contribution in [0.15, 0.2) is 60.7 Å². The predicted molar refractivity (Wildman–Crippen MR) is 104 cm³/mol. The van der Waals surface area contributed by atoms with Gasteiger partial charge in [0.2, 0.25) is 5.91 Å². The van der Waals surface area contributed by atoms with Crippen molar-refractivity contribution in [2.24, 2.45) is 0 Å². The molecule has 3 rings (SSSR count). The lowest BCUT2D eigenvalue weighted by atomic mass is 9.97. The van der Waals surface area contributed by atoms with Crippen LogP contribution in [0.4, 0.5) is 8.78 Å². The molecule has 0 saturated heterocycles. The lowest BCUT2D eigenvalue weighted by Gasteiger charge is -2.15. The minimum Gasteiger partial charge on any atom is -0.497 e. The number of nitrogens with one attached hydrogen (secondary N) is 1. The molecule has 3 aromatic rings. The summed E-state index contributed by atoms with van der Waals surface area (Å²) >= 11 is 0. The van der Waals surface area contributed by atoms with Crippen molar-refractivity contribution < 1.29 is 23.0 Å². The van der Waals surface area contributed by atoms with Gasteiger partial charge in [0, 0.05) is 12.1 Å². The lowest BCUT2D eigenvalue weighted by molar-refractivity contribution is -0.122. The van der Waals surface area contributed by atoms with Crippen LogP contribution < -0.4 is 14.8 Å². The Bertz CT molecular complexity index is 975. The van der Waals surface area contributed by atoms with Gasteiger partial charge in [0.05, 0.1) is 13.0 Å². The van der Waals surface area contributed by atoms with Crippen LogP contribution in [0.2, 0.25) is 0 Å². The van der Waals surface area contributed by atoms with E-state index in [0.717, 1.165) is 22.1 Å². The van der Waals surface area contributed by atoms with E-state index in [1.54, 1.807) is 25.3 Å². The number of carbonyl (C=O) groups excluding carboxylic acids is 1. The summed E-state index contributed by atoms with van der Waals surface area (Å²) in [6.07, 6.45) is 0. The highest BCUT2D eigenvalue weighted by atomic mass is 19.3. The number of hydrogen-bond acceptors (Lipinski definition) is 3. The van der Waals surface area contributed by atoms with E-state index in [1.165, 1.54) is 6.07 Å². The van der Waals surface area contributed by atoms with Gasteiger partial charge in [-0.2, -0.15) is 8.78 Å². The van der Waals surface area contributed by atoms with Gasteiger partial charge in [-0.05, 0) is 41.5 Å². The summed E-state index contributed by atoms with van der Waals surface area (Å²) < 4.78 is 34.7. The van der Waals surface area contributed by atoms with Crippen LogP contribution in [0.5, 0.6) is 11.5 Å². The van der Waals surface area contributed by atoms with E-state index in [9.17, 15) is 13.6 Å². The molecule has 0 aliphatic heterocycles. The molecule has 0 spiro atoms. The maximum Gasteiger partial charge on any atom is 0.387 e. The van der Waals surface area contributed by atoms with Crippen LogP contribution in [0.3, 0.4) is 0 Å². The topological polar surface area (TPSA) is 47.6 Å². The average Bonchev–Trinajstić information content (AvgIpc) is 2.71. The Balaban J connectivity index is 1.70. The zero-order chi connectivity index (χ0) is 20.1. The fourth-order valence-corrected chi connectivity index (χ4v) is 2.99. The molecule has 4 nitrogen and oxygen atoms in total. The van der Waals surface area contributed by atoms with Crippen molar-refractivity contribution in [2.75, 3.05) is 7.11 Å². The number of hydrogen-bond donors (Lipinski definition) is 1. The first-order valence-electron chi connectivity index (χ1n) is 8.86. The lowest BCUT2D eigenvalue weighted by Crippen LogP contribution is -2.27. The fraction of sp³-hybridized carbons (Fsp3) is 0.227. The van der Waals surface area contributed by atoms with Crippen molar-refractivity contribution in [1.82, 2.24) is 5.32 Å². The Hall–Kier alpha value is -3.15. The second kappa shape index (κ2) is 8.69. The maximum absolute atomic E-state index is 12.6. The number of halogens is 2. The van der Waals surface area contributed by atoms with Crippen LogP contribution in [0.1, 0.15) is 24.0 Å². The van der Waals surface area contributed by atoms with Crippen molar-refractivity contribution in [3.8, 4) is 11.5 Å². The molecule has 0 fully saturated rings. The number of rotatable bonds is 7. The second-order valence-corrected chi connectivity index (χ2v) is 6.40. The number of carbonyl (C=O) groups is 1. The van der Waals surface area contributed by atoms with Crippen molar-refractivity contribution in [3.63, 3.8) is 0 Å². The number of para-hydroxylation sites is 1. The van der Waals surface area contributed by atoms with E-state index < -0.39 is 12.5 Å². The number of methoxy groups -OCH3 is 1. The van der Waals surface area contributed by atoms with Gasteiger partial charge < -0.3 is 14.8 Å². The number of alkyl halides is 2. The molecular weight excluding hydrogens is 364 g/mol. The van der Waals surface area contributed by atoms with E-state index >= 15 is 0 Å². The molecule has 146 valence electrons. The third kappa shape index (κ3) is 4.57. The Labute approximate surface area is 162 Å². The van der Waals surface area contributed by atoms with Crippen LogP contribution in [-0.2, 0) is 11.3 Å². The third-order valence-electron chi connectivity index (χ3n) is 4.61. The normalized spacial score (nSPS) is 12.0. The molecule has 0 aliphatic rings. The molecule has 0 radical (unpaired) electrons. The average molecular weight is 385 g/mol. The molecule has 0 aromatic heterocycles. The summed E-state index contributed by atoms with van der Waals surface area (Å²) in [6.45, 7) is -0.995. The SMILES string of the molecule is COc1ccc2cc([C@H](C)C(=O)NCc3ccccc3OC(F)F)ccc2c1. The first-order valence-corrected chi connectivity index (χ1v) is 8.86. The van der Waals surface area contributed by atoms with E-state index in [4.69, 9.17) is 4.74 Å². The van der Waals surface area contributed by atoms with E-state index in [0.29, 0.717) is 5.56 Å². The van der Waals surface area contributed by atoms with Crippen molar-refractivity contribution >= 4 is 16.7 Å². The van der Waals surface area contributed by atoms with Crippen molar-refractivity contribution in [2.45, 2.75) is 26.0 Å². The molecule has 3 aromatic carbocycles. The molecule has 28 heavy (non-hydrogen) atoms. The summed E-state index contributed by atoms with van der Waals surface area (Å²) in [7, 11) is 1.62. The Kier molecular flexibility index (Phi) is 6.09. The number of amides is 1. The number of fused-ring (bicyclic) bond motifs is 1. The highest BCUT2D eigenvalue weighted by Gasteiger charge is 2.17. The molecule has 6 heteroatoms. The van der Waals surface area contributed by atoms with Crippen LogP contribution in [0, 0.1) is 0 Å². The number of benzene rings is 3. The first kappa shape index (κ1) is 19.6. The van der Waals surface area contributed by atoms with Gasteiger partial charge in [0.15, 0.2) is 0 Å². The first-order chi connectivity index (χ1) is 13.5. The van der Waals surface area contributed by atoms with Gasteiger partial charge >= 0.3 is 6.61 Å². The quantitative estimate of drug-likeness (QED) is 0.631. The molecule has 1 atom stereocenters. The summed E-state index contributed by atoms with van der Waals surface area (Å²) in [5.41, 5.74) is 1.36. The molecule has 0 unspecified atom stereocenters. The minimum absolute atomic E-state index is 0.0603. The number of ether oxygens (including phenoxy) is 2. The molecule has 0 bridgehead atoms. The van der Waals surface area contributed by atoms with E-state index in [-0.39, 0.29) is 18.2 Å². The molecule has 0 heterocycles. The van der Waals surface area contributed by atoms with Gasteiger partial charge in [0.1, 0.15) is 11.5 Å². The van der Waals surface area contributed by atoms with Crippen molar-refractivity contribution in [1.29, 1.82) is 0 Å². The van der Waals surface area contributed by atoms with Crippen LogP contribution in [-0.4, -0.2) is 19.6 Å². The summed E-state index contributed by atoms with van der Waals surface area (Å²) in [5.74, 6) is 0.246. The van der Waals surface area contributed by atoms with Gasteiger partial charge in [-0.25, -0.2) is 0 Å². The zero-order valence-electron chi connectivity index (χ0n) is 15.6. The van der Waals surface area contributed by atoms with Crippen LogP contribution in [0.25, 0.3) is 10.8 Å². The van der Waals surface area contributed by atoms with Crippen LogP contribution >= 0.6 is 0 Å². The minimum atomic E-state index is -2.91. The zero-order valence-corrected chi connectivity index (χ0v) is 15.6. The van der Waals surface area contributed by atoms with E-state index in [2.05, 4.69) is 10.1 Å². The smallest absolute Gasteiger partial charge is 0.387 e. The Morgan fingerprint density at radius 1 is 1.04 bits per heavy atom.